The van der Waals surface area contributed by atoms with Crippen LogP contribution in [0.5, 0.6) is 0 Å². The van der Waals surface area contributed by atoms with Gasteiger partial charge in [-0.1, -0.05) is 37.3 Å². The van der Waals surface area contributed by atoms with Gasteiger partial charge in [-0.3, -0.25) is 4.79 Å². The van der Waals surface area contributed by atoms with E-state index in [0.717, 1.165) is 18.6 Å². The van der Waals surface area contributed by atoms with Crippen LogP contribution in [0.15, 0.2) is 54.9 Å². The van der Waals surface area contributed by atoms with Crippen LogP contribution in [-0.2, 0) is 12.7 Å². The van der Waals surface area contributed by atoms with Crippen molar-refractivity contribution >= 4 is 22.8 Å². The van der Waals surface area contributed by atoms with Crippen LogP contribution in [0.1, 0.15) is 41.8 Å². The van der Waals surface area contributed by atoms with E-state index >= 15 is 0 Å². The molecule has 0 saturated carbocycles. The predicted octanol–water partition coefficient (Wildman–Crippen LogP) is 5.58. The highest BCUT2D eigenvalue weighted by molar-refractivity contribution is 5.95. The zero-order valence-electron chi connectivity index (χ0n) is 18.1. The van der Waals surface area contributed by atoms with Crippen LogP contribution in [0.4, 0.5) is 19.0 Å². The van der Waals surface area contributed by atoms with E-state index in [1.165, 1.54) is 19.1 Å². The van der Waals surface area contributed by atoms with Gasteiger partial charge >= 0.3 is 6.18 Å². The zero-order valence-corrected chi connectivity index (χ0v) is 18.1. The molecule has 6 nitrogen and oxygen atoms in total. The highest BCUT2D eigenvalue weighted by Gasteiger charge is 2.30. The first kappa shape index (κ1) is 22.4. The Hall–Kier alpha value is -3.75. The van der Waals surface area contributed by atoms with Crippen LogP contribution in [0.25, 0.3) is 22.6 Å². The Bertz CT molecular complexity index is 1300. The van der Waals surface area contributed by atoms with Gasteiger partial charge in [0.1, 0.15) is 5.52 Å². The molecule has 0 aliphatic heterocycles. The van der Waals surface area contributed by atoms with Gasteiger partial charge in [-0.2, -0.15) is 13.2 Å². The van der Waals surface area contributed by atoms with Gasteiger partial charge in [0.15, 0.2) is 23.1 Å². The smallest absolute Gasteiger partial charge is 0.368 e. The molecule has 2 heterocycles. The van der Waals surface area contributed by atoms with E-state index in [2.05, 4.69) is 20.3 Å². The predicted molar refractivity (Wildman–Crippen MR) is 120 cm³/mol. The Balaban J connectivity index is 1.76. The monoisotopic (exact) mass is 453 g/mol. The summed E-state index contributed by atoms with van der Waals surface area (Å²) in [6.45, 7) is 4.51. The van der Waals surface area contributed by atoms with Crippen LogP contribution >= 0.6 is 0 Å². The highest BCUT2D eigenvalue weighted by atomic mass is 19.4. The molecule has 9 heteroatoms. The number of nitrogens with one attached hydrogen (secondary N) is 1. The largest absolute Gasteiger partial charge is 0.416 e. The van der Waals surface area contributed by atoms with Gasteiger partial charge in [0.25, 0.3) is 0 Å². The van der Waals surface area contributed by atoms with Crippen molar-refractivity contribution < 1.29 is 18.0 Å². The first-order valence-electron chi connectivity index (χ1n) is 10.5. The number of anilines is 1. The van der Waals surface area contributed by atoms with Gasteiger partial charge in [0.05, 0.1) is 18.4 Å². The van der Waals surface area contributed by atoms with E-state index in [1.807, 2.05) is 13.0 Å². The highest BCUT2D eigenvalue weighted by Crippen LogP contribution is 2.30. The van der Waals surface area contributed by atoms with Crippen LogP contribution < -0.4 is 5.32 Å². The average Bonchev–Trinajstić information content (AvgIpc) is 3.20. The maximum atomic E-state index is 12.9. The Morgan fingerprint density at radius 2 is 1.85 bits per heavy atom. The van der Waals surface area contributed by atoms with Gasteiger partial charge in [0.2, 0.25) is 0 Å². The molecule has 0 fully saturated rings. The fourth-order valence-corrected chi connectivity index (χ4v) is 3.43. The number of rotatable bonds is 7. The quantitative estimate of drug-likeness (QED) is 0.370. The first-order chi connectivity index (χ1) is 15.8. The summed E-state index contributed by atoms with van der Waals surface area (Å²) in [5.74, 6) is 0.934. The number of fused-ring (bicyclic) bond motifs is 1. The minimum atomic E-state index is -4.38. The molecule has 2 aromatic carbocycles. The number of ketones is 1. The third-order valence-electron chi connectivity index (χ3n) is 5.17. The minimum Gasteiger partial charge on any atom is -0.368 e. The topological polar surface area (TPSA) is 72.7 Å². The maximum absolute atomic E-state index is 12.9. The molecule has 4 rings (SSSR count). The van der Waals surface area contributed by atoms with Crippen molar-refractivity contribution in [1.29, 1.82) is 0 Å². The summed E-state index contributed by atoms with van der Waals surface area (Å²) in [5, 5.41) is 3.27. The van der Waals surface area contributed by atoms with Gasteiger partial charge in [-0.15, -0.1) is 0 Å². The number of halogens is 3. The zero-order chi connectivity index (χ0) is 23.6. The summed E-state index contributed by atoms with van der Waals surface area (Å²) < 4.78 is 40.4. The third-order valence-corrected chi connectivity index (χ3v) is 5.17. The van der Waals surface area contributed by atoms with E-state index in [1.54, 1.807) is 29.1 Å². The van der Waals surface area contributed by atoms with E-state index in [0.29, 0.717) is 52.6 Å². The minimum absolute atomic E-state index is 0.0606. The molecule has 0 spiro atoms. The van der Waals surface area contributed by atoms with E-state index in [-0.39, 0.29) is 5.78 Å². The average molecular weight is 453 g/mol. The lowest BCUT2D eigenvalue weighted by Crippen LogP contribution is -2.07. The van der Waals surface area contributed by atoms with Crippen molar-refractivity contribution in [3.8, 4) is 11.4 Å². The second-order valence-electron chi connectivity index (χ2n) is 7.70. The summed E-state index contributed by atoms with van der Waals surface area (Å²) in [4.78, 5) is 25.6. The molecule has 0 saturated heterocycles. The van der Waals surface area contributed by atoms with Gasteiger partial charge < -0.3 is 9.88 Å². The Kier molecular flexibility index (Phi) is 6.13. The normalized spacial score (nSPS) is 11.7. The fraction of sp³-hybridized carbons (Fsp3) is 0.250. The van der Waals surface area contributed by atoms with Crippen LogP contribution in [0.3, 0.4) is 0 Å². The molecule has 33 heavy (non-hydrogen) atoms. The summed E-state index contributed by atoms with van der Waals surface area (Å²) in [6, 6.07) is 12.1. The molecule has 0 aliphatic rings. The summed E-state index contributed by atoms with van der Waals surface area (Å²) in [5.41, 5.74) is 2.35. The molecule has 170 valence electrons. The van der Waals surface area contributed by atoms with Gasteiger partial charge in [-0.25, -0.2) is 15.0 Å². The number of Topliss-reactive ketones (excluding diaryl/α,β-unsaturated/α-hetero) is 1. The van der Waals surface area contributed by atoms with E-state index in [4.69, 9.17) is 0 Å². The first-order valence-corrected chi connectivity index (χ1v) is 10.5. The number of alkyl halides is 3. The van der Waals surface area contributed by atoms with Gasteiger partial charge in [-0.05, 0) is 37.1 Å². The second-order valence-corrected chi connectivity index (χ2v) is 7.70. The van der Waals surface area contributed by atoms with Crippen molar-refractivity contribution in [3.05, 3.63) is 71.5 Å². The summed E-state index contributed by atoms with van der Waals surface area (Å²) in [7, 11) is 0. The number of benzene rings is 2. The Morgan fingerprint density at radius 3 is 2.52 bits per heavy atom. The molecule has 1 N–H and O–H groups in total. The third kappa shape index (κ3) is 4.87. The van der Waals surface area contributed by atoms with Crippen LogP contribution in [0, 0.1) is 0 Å². The molecule has 0 atom stereocenters. The molecule has 0 unspecified atom stereocenters. The van der Waals surface area contributed by atoms with Crippen molar-refractivity contribution in [2.75, 3.05) is 11.9 Å². The number of aromatic nitrogens is 4. The van der Waals surface area contributed by atoms with Gasteiger partial charge in [0, 0.05) is 17.7 Å². The molecule has 0 bridgehead atoms. The Morgan fingerprint density at radius 1 is 1.09 bits per heavy atom. The number of nitrogens with zero attached hydrogens (tertiary/aromatic N) is 4. The molecule has 2 aromatic heterocycles. The molecule has 0 radical (unpaired) electrons. The van der Waals surface area contributed by atoms with Crippen molar-refractivity contribution in [2.45, 2.75) is 33.0 Å². The van der Waals surface area contributed by atoms with E-state index < -0.39 is 11.7 Å². The lowest BCUT2D eigenvalue weighted by Gasteiger charge is -2.11. The van der Waals surface area contributed by atoms with Crippen molar-refractivity contribution in [3.63, 3.8) is 0 Å². The molecular formula is C24H22F3N5O. The van der Waals surface area contributed by atoms with Crippen LogP contribution in [-0.4, -0.2) is 31.8 Å². The number of hydrogen-bond acceptors (Lipinski definition) is 5. The van der Waals surface area contributed by atoms with Crippen molar-refractivity contribution in [1.82, 2.24) is 19.5 Å². The number of hydrogen-bond donors (Lipinski definition) is 1. The SMILES string of the molecule is CCCNc1nc(-c2cccc(C(C)=O)c2)nc2c1ncn2Cc1ccc(C(F)(F)F)cc1. The molecule has 4 aromatic rings. The summed E-state index contributed by atoms with van der Waals surface area (Å²) >= 11 is 0. The van der Waals surface area contributed by atoms with E-state index in [9.17, 15) is 18.0 Å². The Labute approximate surface area is 188 Å². The van der Waals surface area contributed by atoms with Crippen molar-refractivity contribution in [2.24, 2.45) is 0 Å². The molecular weight excluding hydrogens is 431 g/mol. The second kappa shape index (κ2) is 9.01. The molecule has 0 amide bonds. The number of carbonyl (C=O) groups excluding carboxylic acids is 1. The standard InChI is InChI=1S/C24H22F3N5O/c1-3-11-28-22-20-23(31-21(30-22)18-6-4-5-17(12-18)15(2)33)32(14-29-20)13-16-7-9-19(10-8-16)24(25,26)27/h4-10,12,14H,3,11,13H2,1-2H3,(H,28,30,31). The number of carbonyl (C=O) groups is 1. The molecule has 0 aliphatic carbocycles. The fourth-order valence-electron chi connectivity index (χ4n) is 3.43. The number of imidazole rings is 1. The van der Waals surface area contributed by atoms with Crippen LogP contribution in [0.2, 0.25) is 0 Å². The summed E-state index contributed by atoms with van der Waals surface area (Å²) in [6.07, 6.45) is -1.90. The lowest BCUT2D eigenvalue weighted by atomic mass is 10.1. The maximum Gasteiger partial charge on any atom is 0.416 e. The lowest BCUT2D eigenvalue weighted by molar-refractivity contribution is -0.137.